The van der Waals surface area contributed by atoms with Crippen LogP contribution in [0, 0.1) is 0 Å². The van der Waals surface area contributed by atoms with E-state index in [0.717, 1.165) is 24.1 Å². The van der Waals surface area contributed by atoms with Crippen molar-refractivity contribution in [2.24, 2.45) is 4.99 Å². The van der Waals surface area contributed by atoms with Gasteiger partial charge < -0.3 is 4.90 Å². The normalized spacial score (nSPS) is 18.4. The fourth-order valence-corrected chi connectivity index (χ4v) is 4.94. The molecule has 31 heavy (non-hydrogen) atoms. The van der Waals surface area contributed by atoms with E-state index in [4.69, 9.17) is 0 Å². The summed E-state index contributed by atoms with van der Waals surface area (Å²) in [5, 5.41) is 0.545. The van der Waals surface area contributed by atoms with Gasteiger partial charge in [0.05, 0.1) is 11.4 Å². The number of amidine groups is 1. The number of hydrogen-bond donors (Lipinski definition) is 0. The van der Waals surface area contributed by atoms with Gasteiger partial charge in [0.2, 0.25) is 5.91 Å². The van der Waals surface area contributed by atoms with Crippen molar-refractivity contribution < 1.29 is 9.59 Å². The highest BCUT2D eigenvalue weighted by atomic mass is 32.2. The van der Waals surface area contributed by atoms with Gasteiger partial charge in [0.15, 0.2) is 5.17 Å². The van der Waals surface area contributed by atoms with Crippen LogP contribution in [0.25, 0.3) is 6.08 Å². The molecule has 0 unspecified atom stereocenters. The lowest BCUT2D eigenvalue weighted by atomic mass is 9.94. The molecule has 0 saturated heterocycles. The van der Waals surface area contributed by atoms with E-state index in [-0.39, 0.29) is 17.6 Å². The second kappa shape index (κ2) is 9.96. The van der Waals surface area contributed by atoms with Gasteiger partial charge in [-0.25, -0.2) is 4.99 Å². The highest BCUT2D eigenvalue weighted by Gasteiger charge is 2.33. The second-order valence-corrected chi connectivity index (χ2v) is 8.84. The standard InChI is InChI=1S/C25H27N3O2S/c1-27(20-13-7-3-8-14-20)23(29)18-31-25-26-22(17-19-11-5-2-6-12-19)24(30)28(25)21-15-9-4-10-16-21/h2,4-6,9-12,15-17,20H,3,7-8,13-14,18H2,1H3/b22-17+. The minimum atomic E-state index is -0.175. The molecule has 1 aliphatic carbocycles. The van der Waals surface area contributed by atoms with E-state index in [1.54, 1.807) is 11.0 Å². The fourth-order valence-electron chi connectivity index (χ4n) is 4.01. The molecule has 2 aromatic rings. The molecule has 1 saturated carbocycles. The van der Waals surface area contributed by atoms with Crippen LogP contribution in [0.2, 0.25) is 0 Å². The van der Waals surface area contributed by atoms with Gasteiger partial charge in [0, 0.05) is 13.1 Å². The molecule has 0 spiro atoms. The molecule has 2 aliphatic rings. The number of carbonyl (C=O) groups excluding carboxylic acids is 2. The molecule has 4 rings (SSSR count). The first kappa shape index (κ1) is 21.4. The van der Waals surface area contributed by atoms with E-state index in [2.05, 4.69) is 4.99 Å². The number of para-hydroxylation sites is 1. The van der Waals surface area contributed by atoms with E-state index in [1.165, 1.54) is 31.0 Å². The largest absolute Gasteiger partial charge is 0.342 e. The van der Waals surface area contributed by atoms with Crippen LogP contribution >= 0.6 is 11.8 Å². The maximum absolute atomic E-state index is 13.2. The van der Waals surface area contributed by atoms with Gasteiger partial charge in [-0.2, -0.15) is 0 Å². The molecule has 0 radical (unpaired) electrons. The lowest BCUT2D eigenvalue weighted by Gasteiger charge is -2.31. The Morgan fingerprint density at radius 3 is 2.39 bits per heavy atom. The average molecular weight is 434 g/mol. The number of nitrogens with zero attached hydrogens (tertiary/aromatic N) is 3. The smallest absolute Gasteiger partial charge is 0.283 e. The molecule has 0 N–H and O–H groups in total. The maximum Gasteiger partial charge on any atom is 0.283 e. The van der Waals surface area contributed by atoms with Gasteiger partial charge in [-0.3, -0.25) is 14.5 Å². The summed E-state index contributed by atoms with van der Waals surface area (Å²) in [6.07, 6.45) is 7.58. The van der Waals surface area contributed by atoms with Crippen molar-refractivity contribution in [3.05, 3.63) is 71.9 Å². The van der Waals surface area contributed by atoms with E-state index in [9.17, 15) is 9.59 Å². The minimum Gasteiger partial charge on any atom is -0.342 e. The predicted octanol–water partition coefficient (Wildman–Crippen LogP) is 4.95. The zero-order valence-corrected chi connectivity index (χ0v) is 18.6. The van der Waals surface area contributed by atoms with Crippen LogP contribution in [0.1, 0.15) is 37.7 Å². The number of rotatable bonds is 5. The molecule has 2 aromatic carbocycles. The van der Waals surface area contributed by atoms with Crippen LogP contribution in [-0.4, -0.2) is 40.7 Å². The van der Waals surface area contributed by atoms with E-state index in [1.807, 2.05) is 72.6 Å². The van der Waals surface area contributed by atoms with Crippen LogP contribution in [-0.2, 0) is 9.59 Å². The average Bonchev–Trinajstić information content (AvgIpc) is 3.13. The van der Waals surface area contributed by atoms with Gasteiger partial charge in [0.1, 0.15) is 5.70 Å². The van der Waals surface area contributed by atoms with Crippen LogP contribution in [0.5, 0.6) is 0 Å². The third-order valence-electron chi connectivity index (χ3n) is 5.79. The number of carbonyl (C=O) groups is 2. The quantitative estimate of drug-likeness (QED) is 0.627. The summed E-state index contributed by atoms with van der Waals surface area (Å²) in [6, 6.07) is 19.5. The van der Waals surface area contributed by atoms with Crippen LogP contribution in [0.4, 0.5) is 5.69 Å². The monoisotopic (exact) mass is 433 g/mol. The number of benzene rings is 2. The number of thioether (sulfide) groups is 1. The maximum atomic E-state index is 13.2. The predicted molar refractivity (Wildman–Crippen MR) is 128 cm³/mol. The molecule has 0 aromatic heterocycles. The highest BCUT2D eigenvalue weighted by molar-refractivity contribution is 8.14. The Bertz CT molecular complexity index is 982. The zero-order valence-electron chi connectivity index (χ0n) is 17.7. The van der Waals surface area contributed by atoms with Crippen LogP contribution in [0.15, 0.2) is 71.4 Å². The molecule has 1 aliphatic heterocycles. The van der Waals surface area contributed by atoms with Crippen LogP contribution < -0.4 is 4.90 Å². The first-order valence-electron chi connectivity index (χ1n) is 10.8. The van der Waals surface area contributed by atoms with Crippen molar-refractivity contribution in [1.82, 2.24) is 4.90 Å². The summed E-state index contributed by atoms with van der Waals surface area (Å²) >= 11 is 1.33. The van der Waals surface area contributed by atoms with Crippen molar-refractivity contribution in [1.29, 1.82) is 0 Å². The summed E-state index contributed by atoms with van der Waals surface area (Å²) in [4.78, 5) is 34.1. The Hall–Kier alpha value is -2.86. The summed E-state index contributed by atoms with van der Waals surface area (Å²) in [5.41, 5.74) is 2.05. The Morgan fingerprint density at radius 2 is 1.71 bits per heavy atom. The molecule has 1 heterocycles. The van der Waals surface area contributed by atoms with Crippen molar-refractivity contribution in [3.63, 3.8) is 0 Å². The lowest BCUT2D eigenvalue weighted by molar-refractivity contribution is -0.129. The third kappa shape index (κ3) is 5.07. The number of amides is 2. The molecule has 6 heteroatoms. The first-order chi connectivity index (χ1) is 15.1. The van der Waals surface area contributed by atoms with Gasteiger partial charge in [-0.15, -0.1) is 0 Å². The Labute approximate surface area is 187 Å². The molecule has 160 valence electrons. The fraction of sp³-hybridized carbons (Fsp3) is 0.320. The van der Waals surface area contributed by atoms with Gasteiger partial charge in [-0.1, -0.05) is 79.6 Å². The number of anilines is 1. The topological polar surface area (TPSA) is 53.0 Å². The third-order valence-corrected chi connectivity index (χ3v) is 6.71. The molecule has 2 amide bonds. The second-order valence-electron chi connectivity index (χ2n) is 7.90. The van der Waals surface area contributed by atoms with Crippen LogP contribution in [0.3, 0.4) is 0 Å². The molecule has 5 nitrogen and oxygen atoms in total. The molecule has 0 atom stereocenters. The minimum absolute atomic E-state index is 0.0838. The van der Waals surface area contributed by atoms with Crippen molar-refractivity contribution >= 4 is 40.5 Å². The van der Waals surface area contributed by atoms with Gasteiger partial charge in [-0.05, 0) is 36.6 Å². The zero-order chi connectivity index (χ0) is 21.6. The molecule has 0 bridgehead atoms. The molecular weight excluding hydrogens is 406 g/mol. The van der Waals surface area contributed by atoms with Crippen molar-refractivity contribution in [2.75, 3.05) is 17.7 Å². The summed E-state index contributed by atoms with van der Waals surface area (Å²) in [5.74, 6) is 0.173. The summed E-state index contributed by atoms with van der Waals surface area (Å²) in [7, 11) is 1.90. The van der Waals surface area contributed by atoms with E-state index < -0.39 is 0 Å². The first-order valence-corrected chi connectivity index (χ1v) is 11.8. The van der Waals surface area contributed by atoms with E-state index >= 15 is 0 Å². The SMILES string of the molecule is CN(C(=O)CSC1=N/C(=C/c2ccccc2)C(=O)N1c1ccccc1)C1CCCCC1. The Kier molecular flexibility index (Phi) is 6.87. The molecule has 1 fully saturated rings. The number of hydrogen-bond acceptors (Lipinski definition) is 4. The van der Waals surface area contributed by atoms with Crippen molar-refractivity contribution in [3.8, 4) is 0 Å². The Morgan fingerprint density at radius 1 is 1.06 bits per heavy atom. The highest BCUT2D eigenvalue weighted by Crippen LogP contribution is 2.30. The van der Waals surface area contributed by atoms with Crippen molar-refractivity contribution in [2.45, 2.75) is 38.1 Å². The Balaban J connectivity index is 1.53. The molecular formula is C25H27N3O2S. The van der Waals surface area contributed by atoms with Gasteiger partial charge >= 0.3 is 0 Å². The summed E-state index contributed by atoms with van der Waals surface area (Å²) < 4.78 is 0. The summed E-state index contributed by atoms with van der Waals surface area (Å²) in [6.45, 7) is 0. The number of aliphatic imine (C=N–C) groups is 1. The van der Waals surface area contributed by atoms with Gasteiger partial charge in [0.25, 0.3) is 5.91 Å². The van der Waals surface area contributed by atoms with E-state index in [0.29, 0.717) is 16.9 Å². The lowest BCUT2D eigenvalue weighted by Crippen LogP contribution is -2.40.